The van der Waals surface area contributed by atoms with Crippen molar-refractivity contribution in [1.82, 2.24) is 0 Å². The minimum absolute atomic E-state index is 0.492. The van der Waals surface area contributed by atoms with E-state index in [1.165, 1.54) is 77.0 Å². The quantitative estimate of drug-likeness (QED) is 0.422. The molecule has 28 heavy (non-hydrogen) atoms. The SMILES string of the molecule is [B][C@@H]1CC[C@@]2(C)[C@@H](CC[C@@H]3[C@@H]2CC[C@]2(C)[C@@H]([C@H](C)CCCC(C)C)CC[C@@H]32)C1. The Morgan fingerprint density at radius 2 is 1.54 bits per heavy atom. The Morgan fingerprint density at radius 1 is 0.821 bits per heavy atom. The molecule has 4 fully saturated rings. The summed E-state index contributed by atoms with van der Waals surface area (Å²) in [4.78, 5) is 0. The van der Waals surface area contributed by atoms with Crippen LogP contribution in [0.15, 0.2) is 0 Å². The third-order valence-electron chi connectivity index (χ3n) is 10.9. The molecule has 2 radical (unpaired) electrons. The van der Waals surface area contributed by atoms with Gasteiger partial charge in [0.05, 0.1) is 7.85 Å². The maximum absolute atomic E-state index is 6.39. The average Bonchev–Trinajstić information content (AvgIpc) is 2.99. The van der Waals surface area contributed by atoms with Crippen molar-refractivity contribution in [2.24, 2.45) is 52.3 Å². The molecule has 0 bridgehead atoms. The Kier molecular flexibility index (Phi) is 6.06. The fourth-order valence-corrected chi connectivity index (χ4v) is 9.32. The number of fused-ring (bicyclic) bond motifs is 5. The molecule has 0 unspecified atom stereocenters. The Bertz CT molecular complexity index is 540. The normalized spacial score (nSPS) is 49.4. The molecule has 0 aromatic heterocycles. The van der Waals surface area contributed by atoms with Crippen molar-refractivity contribution in [1.29, 1.82) is 0 Å². The van der Waals surface area contributed by atoms with Gasteiger partial charge in [-0.2, -0.15) is 0 Å². The number of rotatable bonds is 5. The van der Waals surface area contributed by atoms with Gasteiger partial charge in [-0.05, 0) is 97.2 Å². The maximum Gasteiger partial charge on any atom is 0.0699 e. The molecule has 0 N–H and O–H groups in total. The second-order valence-corrected chi connectivity index (χ2v) is 12.7. The van der Waals surface area contributed by atoms with E-state index in [1.807, 2.05) is 0 Å². The van der Waals surface area contributed by atoms with E-state index in [0.29, 0.717) is 16.6 Å². The van der Waals surface area contributed by atoms with E-state index in [0.717, 1.165) is 41.4 Å². The summed E-state index contributed by atoms with van der Waals surface area (Å²) in [6.07, 6.45) is 17.5. The molecule has 4 aliphatic carbocycles. The van der Waals surface area contributed by atoms with Gasteiger partial charge in [-0.1, -0.05) is 72.5 Å². The molecule has 4 saturated carbocycles. The highest BCUT2D eigenvalue weighted by atomic mass is 14.6. The molecule has 0 saturated heterocycles. The zero-order chi connectivity index (χ0) is 20.1. The molecular weight excluding hydrogens is 335 g/mol. The molecule has 0 aliphatic heterocycles. The van der Waals surface area contributed by atoms with Crippen LogP contribution in [0.25, 0.3) is 0 Å². The molecule has 158 valence electrons. The summed E-state index contributed by atoms with van der Waals surface area (Å²) in [6, 6.07) is 0. The highest BCUT2D eigenvalue weighted by molar-refractivity contribution is 6.11. The van der Waals surface area contributed by atoms with Crippen molar-refractivity contribution in [2.75, 3.05) is 0 Å². The van der Waals surface area contributed by atoms with E-state index in [1.54, 1.807) is 0 Å². The number of hydrogen-bond donors (Lipinski definition) is 0. The third-order valence-corrected chi connectivity index (χ3v) is 10.9. The Balaban J connectivity index is 1.46. The van der Waals surface area contributed by atoms with Crippen LogP contribution in [0.4, 0.5) is 0 Å². The molecule has 1 heteroatoms. The Morgan fingerprint density at radius 3 is 2.29 bits per heavy atom. The predicted molar refractivity (Wildman–Crippen MR) is 123 cm³/mol. The first-order valence-corrected chi connectivity index (χ1v) is 13.0. The lowest BCUT2D eigenvalue weighted by atomic mass is 9.43. The molecule has 0 amide bonds. The van der Waals surface area contributed by atoms with E-state index < -0.39 is 0 Å². The van der Waals surface area contributed by atoms with Crippen LogP contribution in [-0.4, -0.2) is 7.85 Å². The second-order valence-electron chi connectivity index (χ2n) is 12.7. The minimum atomic E-state index is 0.492. The van der Waals surface area contributed by atoms with Crippen molar-refractivity contribution in [3.63, 3.8) is 0 Å². The molecule has 9 atom stereocenters. The predicted octanol–water partition coefficient (Wildman–Crippen LogP) is 8.06. The Hall–Kier alpha value is 0.0649. The summed E-state index contributed by atoms with van der Waals surface area (Å²) in [7, 11) is 6.39. The van der Waals surface area contributed by atoms with Crippen LogP contribution in [0.3, 0.4) is 0 Å². The summed E-state index contributed by atoms with van der Waals surface area (Å²) < 4.78 is 0. The van der Waals surface area contributed by atoms with Crippen LogP contribution in [0.2, 0.25) is 5.82 Å². The maximum atomic E-state index is 6.39. The van der Waals surface area contributed by atoms with Gasteiger partial charge in [0, 0.05) is 0 Å². The van der Waals surface area contributed by atoms with Gasteiger partial charge in [-0.15, -0.1) is 0 Å². The standard InChI is InChI=1S/C27H47B/c1-18(2)7-6-8-19(3)23-11-12-24-22-10-9-20-17-21(28)13-15-26(20,4)25(22)14-16-27(23,24)5/h18-25H,6-17H2,1-5H3/t19-,20+,21-,22+,23-,24+,25+,26+,27-/m1/s1. The number of hydrogen-bond acceptors (Lipinski definition) is 0. The summed E-state index contributed by atoms with van der Waals surface area (Å²) in [5.41, 5.74) is 1.26. The van der Waals surface area contributed by atoms with E-state index in [-0.39, 0.29) is 0 Å². The lowest BCUT2D eigenvalue weighted by Crippen LogP contribution is -2.53. The van der Waals surface area contributed by atoms with Crippen LogP contribution in [0.5, 0.6) is 0 Å². The smallest absolute Gasteiger partial charge is 0.0699 e. The van der Waals surface area contributed by atoms with Gasteiger partial charge in [0.2, 0.25) is 0 Å². The second kappa shape index (κ2) is 7.96. The topological polar surface area (TPSA) is 0 Å². The fourth-order valence-electron chi connectivity index (χ4n) is 9.32. The molecule has 4 aliphatic rings. The molecule has 0 aromatic rings. The zero-order valence-corrected chi connectivity index (χ0v) is 19.7. The van der Waals surface area contributed by atoms with E-state index in [9.17, 15) is 0 Å². The minimum Gasteiger partial charge on any atom is -0.0771 e. The summed E-state index contributed by atoms with van der Waals surface area (Å²) >= 11 is 0. The fraction of sp³-hybridized carbons (Fsp3) is 1.00. The van der Waals surface area contributed by atoms with Crippen molar-refractivity contribution >= 4 is 7.85 Å². The van der Waals surface area contributed by atoms with Gasteiger partial charge in [0.1, 0.15) is 0 Å². The van der Waals surface area contributed by atoms with Crippen LogP contribution in [-0.2, 0) is 0 Å². The van der Waals surface area contributed by atoms with Gasteiger partial charge in [-0.3, -0.25) is 0 Å². The monoisotopic (exact) mass is 382 g/mol. The molecule has 0 aromatic carbocycles. The summed E-state index contributed by atoms with van der Waals surface area (Å²) in [6.45, 7) is 12.8. The van der Waals surface area contributed by atoms with Gasteiger partial charge in [-0.25, -0.2) is 0 Å². The van der Waals surface area contributed by atoms with Crippen molar-refractivity contribution in [3.8, 4) is 0 Å². The summed E-state index contributed by atoms with van der Waals surface area (Å²) in [5.74, 6) is 7.28. The molecule has 0 nitrogen and oxygen atoms in total. The Labute approximate surface area is 177 Å². The summed E-state index contributed by atoms with van der Waals surface area (Å²) in [5, 5.41) is 0. The van der Waals surface area contributed by atoms with Crippen LogP contribution >= 0.6 is 0 Å². The van der Waals surface area contributed by atoms with Crippen molar-refractivity contribution in [2.45, 2.75) is 117 Å². The van der Waals surface area contributed by atoms with E-state index in [2.05, 4.69) is 34.6 Å². The van der Waals surface area contributed by atoms with Gasteiger partial charge in [0.25, 0.3) is 0 Å². The van der Waals surface area contributed by atoms with Crippen LogP contribution in [0, 0.1) is 52.3 Å². The third kappa shape index (κ3) is 3.53. The first-order valence-electron chi connectivity index (χ1n) is 13.0. The highest BCUT2D eigenvalue weighted by Gasteiger charge is 2.60. The first-order chi connectivity index (χ1) is 13.3. The average molecular weight is 382 g/mol. The molecule has 0 spiro atoms. The lowest BCUT2D eigenvalue weighted by Gasteiger charge is -2.61. The largest absolute Gasteiger partial charge is 0.0771 e. The van der Waals surface area contributed by atoms with Gasteiger partial charge in [0.15, 0.2) is 0 Å². The zero-order valence-electron chi connectivity index (χ0n) is 19.7. The lowest BCUT2D eigenvalue weighted by molar-refractivity contribution is -0.114. The molecular formula is C27H47B. The van der Waals surface area contributed by atoms with Gasteiger partial charge < -0.3 is 0 Å². The van der Waals surface area contributed by atoms with Crippen molar-refractivity contribution in [3.05, 3.63) is 0 Å². The first kappa shape index (κ1) is 21.3. The van der Waals surface area contributed by atoms with E-state index in [4.69, 9.17) is 7.85 Å². The highest BCUT2D eigenvalue weighted by Crippen LogP contribution is 2.68. The van der Waals surface area contributed by atoms with Crippen LogP contribution < -0.4 is 0 Å². The molecule has 0 heterocycles. The van der Waals surface area contributed by atoms with Gasteiger partial charge >= 0.3 is 0 Å². The van der Waals surface area contributed by atoms with Crippen molar-refractivity contribution < 1.29 is 0 Å². The molecule has 4 rings (SSSR count). The van der Waals surface area contributed by atoms with E-state index >= 15 is 0 Å². The van der Waals surface area contributed by atoms with Crippen LogP contribution in [0.1, 0.15) is 112 Å².